The van der Waals surface area contributed by atoms with Crippen LogP contribution >= 0.6 is 24.2 Å². The predicted octanol–water partition coefficient (Wildman–Crippen LogP) is 1.02. The highest BCUT2D eigenvalue weighted by Gasteiger charge is 2.30. The van der Waals surface area contributed by atoms with E-state index in [-0.39, 0.29) is 24.4 Å². The minimum atomic E-state index is -0.120. The quantitative estimate of drug-likeness (QED) is 0.693. The Morgan fingerprint density at radius 2 is 2.42 bits per heavy atom. The van der Waals surface area contributed by atoms with Crippen LogP contribution in [0.3, 0.4) is 0 Å². The van der Waals surface area contributed by atoms with E-state index >= 15 is 0 Å². The molecule has 1 fully saturated rings. The molecule has 5 heteroatoms. The summed E-state index contributed by atoms with van der Waals surface area (Å²) in [5.41, 5.74) is 0. The molecule has 0 aromatic heterocycles. The Hall–Kier alpha value is 0.0700. The fourth-order valence-corrected chi connectivity index (χ4v) is 1.98. The van der Waals surface area contributed by atoms with Crippen LogP contribution in [0, 0.1) is 0 Å². The van der Waals surface area contributed by atoms with Gasteiger partial charge in [0.1, 0.15) is 6.04 Å². The summed E-state index contributed by atoms with van der Waals surface area (Å²) in [6.07, 6.45) is 0. The summed E-state index contributed by atoms with van der Waals surface area (Å²) < 4.78 is 4.88. The molecule has 1 aliphatic rings. The van der Waals surface area contributed by atoms with Crippen LogP contribution in [0.4, 0.5) is 0 Å². The molecule has 1 saturated heterocycles. The smallest absolute Gasteiger partial charge is 0.324 e. The Labute approximate surface area is 83.0 Å². The van der Waals surface area contributed by atoms with Gasteiger partial charge in [0.15, 0.2) is 0 Å². The highest BCUT2D eigenvalue weighted by atomic mass is 35.5. The molecule has 1 rings (SSSR count). The third-order valence-electron chi connectivity index (χ3n) is 1.66. The van der Waals surface area contributed by atoms with Crippen molar-refractivity contribution in [2.75, 3.05) is 12.5 Å². The zero-order chi connectivity index (χ0) is 8.27. The average Bonchev–Trinajstić information content (AvgIpc) is 2.36. The van der Waals surface area contributed by atoms with Crippen molar-refractivity contribution in [3.8, 4) is 0 Å². The van der Waals surface area contributed by atoms with E-state index in [1.165, 1.54) is 0 Å². The molecule has 1 N–H and O–H groups in total. The van der Waals surface area contributed by atoms with Crippen molar-refractivity contribution in [2.45, 2.75) is 25.1 Å². The molecular weight excluding hydrogens is 198 g/mol. The lowest BCUT2D eigenvalue weighted by molar-refractivity contribution is -0.145. The second kappa shape index (κ2) is 5.67. The zero-order valence-electron chi connectivity index (χ0n) is 7.20. The van der Waals surface area contributed by atoms with Gasteiger partial charge in [0.25, 0.3) is 0 Å². The minimum absolute atomic E-state index is 0. The first kappa shape index (κ1) is 12.1. The Morgan fingerprint density at radius 3 is 2.83 bits per heavy atom. The maximum absolute atomic E-state index is 11.2. The summed E-state index contributed by atoms with van der Waals surface area (Å²) in [5, 5.41) is 3.42. The molecule has 2 atom stereocenters. The Balaban J connectivity index is 0.00000121. The van der Waals surface area contributed by atoms with Crippen LogP contribution in [0.15, 0.2) is 0 Å². The van der Waals surface area contributed by atoms with Crippen LogP contribution in [0.25, 0.3) is 0 Å². The molecule has 1 aliphatic heterocycles. The average molecular weight is 212 g/mol. The van der Waals surface area contributed by atoms with Gasteiger partial charge in [-0.1, -0.05) is 6.92 Å². The van der Waals surface area contributed by atoms with Crippen LogP contribution in [0.5, 0.6) is 0 Å². The number of carbonyl (C=O) groups excluding carboxylic acids is 1. The summed E-state index contributed by atoms with van der Waals surface area (Å²) in [7, 11) is 0. The number of halogens is 1. The molecule has 0 amide bonds. The van der Waals surface area contributed by atoms with E-state index in [1.54, 1.807) is 11.8 Å². The van der Waals surface area contributed by atoms with Crippen LogP contribution < -0.4 is 5.32 Å². The van der Waals surface area contributed by atoms with E-state index in [2.05, 4.69) is 5.32 Å². The van der Waals surface area contributed by atoms with Gasteiger partial charge in [0.05, 0.1) is 6.61 Å². The molecule has 0 aromatic rings. The van der Waals surface area contributed by atoms with Crippen molar-refractivity contribution in [1.29, 1.82) is 0 Å². The standard InChI is InChI=1S/C7H13NO2S.ClH/c1-3-10-7(9)6-5(2)11-4-8-6;/h5-6,8H,3-4H2,1-2H3;1H. The molecule has 2 unspecified atom stereocenters. The lowest BCUT2D eigenvalue weighted by Gasteiger charge is -2.12. The van der Waals surface area contributed by atoms with E-state index < -0.39 is 0 Å². The highest BCUT2D eigenvalue weighted by Crippen LogP contribution is 2.20. The van der Waals surface area contributed by atoms with Crippen LogP contribution in [-0.2, 0) is 9.53 Å². The van der Waals surface area contributed by atoms with Gasteiger partial charge >= 0.3 is 5.97 Å². The number of esters is 1. The first-order valence-corrected chi connectivity index (χ1v) is 4.82. The fraction of sp³-hybridized carbons (Fsp3) is 0.857. The van der Waals surface area contributed by atoms with E-state index in [9.17, 15) is 4.79 Å². The Bertz CT molecular complexity index is 156. The number of hydrogen-bond acceptors (Lipinski definition) is 4. The predicted molar refractivity (Wildman–Crippen MR) is 52.7 cm³/mol. The molecule has 0 bridgehead atoms. The number of carbonyl (C=O) groups is 1. The summed E-state index contributed by atoms with van der Waals surface area (Å²) in [5.74, 6) is 0.731. The van der Waals surface area contributed by atoms with E-state index in [0.29, 0.717) is 11.9 Å². The summed E-state index contributed by atoms with van der Waals surface area (Å²) in [6.45, 7) is 4.32. The molecule has 12 heavy (non-hydrogen) atoms. The van der Waals surface area contributed by atoms with E-state index in [4.69, 9.17) is 4.74 Å². The minimum Gasteiger partial charge on any atom is -0.465 e. The van der Waals surface area contributed by atoms with Gasteiger partial charge in [-0.05, 0) is 6.92 Å². The first-order valence-electron chi connectivity index (χ1n) is 3.77. The van der Waals surface area contributed by atoms with Crippen molar-refractivity contribution in [1.82, 2.24) is 5.32 Å². The van der Waals surface area contributed by atoms with E-state index in [1.807, 2.05) is 13.8 Å². The van der Waals surface area contributed by atoms with Crippen molar-refractivity contribution in [3.05, 3.63) is 0 Å². The third-order valence-corrected chi connectivity index (χ3v) is 2.79. The van der Waals surface area contributed by atoms with Gasteiger partial charge in [-0.15, -0.1) is 24.2 Å². The number of nitrogens with one attached hydrogen (secondary N) is 1. The van der Waals surface area contributed by atoms with Crippen molar-refractivity contribution >= 4 is 30.1 Å². The van der Waals surface area contributed by atoms with Crippen molar-refractivity contribution in [3.63, 3.8) is 0 Å². The number of rotatable bonds is 2. The molecule has 0 spiro atoms. The fourth-order valence-electron chi connectivity index (χ4n) is 1.04. The van der Waals surface area contributed by atoms with E-state index in [0.717, 1.165) is 5.88 Å². The second-order valence-electron chi connectivity index (χ2n) is 2.45. The van der Waals surface area contributed by atoms with Crippen LogP contribution in [0.1, 0.15) is 13.8 Å². The van der Waals surface area contributed by atoms with Gasteiger partial charge in [-0.2, -0.15) is 0 Å². The Morgan fingerprint density at radius 1 is 1.75 bits per heavy atom. The molecular formula is C7H14ClNO2S. The third kappa shape index (κ3) is 2.84. The molecule has 0 radical (unpaired) electrons. The maximum atomic E-state index is 11.2. The second-order valence-corrected chi connectivity index (χ2v) is 3.82. The van der Waals surface area contributed by atoms with Crippen LogP contribution in [-0.4, -0.2) is 29.7 Å². The lowest BCUT2D eigenvalue weighted by Crippen LogP contribution is -2.38. The van der Waals surface area contributed by atoms with Gasteiger partial charge < -0.3 is 4.74 Å². The zero-order valence-corrected chi connectivity index (χ0v) is 8.83. The number of hydrogen-bond donors (Lipinski definition) is 1. The lowest BCUT2D eigenvalue weighted by atomic mass is 10.2. The molecule has 0 aliphatic carbocycles. The first-order chi connectivity index (χ1) is 5.25. The highest BCUT2D eigenvalue weighted by molar-refractivity contribution is 8.00. The largest absolute Gasteiger partial charge is 0.465 e. The number of thioether (sulfide) groups is 1. The van der Waals surface area contributed by atoms with Crippen molar-refractivity contribution < 1.29 is 9.53 Å². The molecule has 0 saturated carbocycles. The Kier molecular flexibility index (Phi) is 5.70. The van der Waals surface area contributed by atoms with Gasteiger partial charge in [0, 0.05) is 11.1 Å². The van der Waals surface area contributed by atoms with Gasteiger partial charge in [0.2, 0.25) is 0 Å². The summed E-state index contributed by atoms with van der Waals surface area (Å²) >= 11 is 1.75. The molecule has 3 nitrogen and oxygen atoms in total. The van der Waals surface area contributed by atoms with Gasteiger partial charge in [-0.25, -0.2) is 0 Å². The maximum Gasteiger partial charge on any atom is 0.324 e. The van der Waals surface area contributed by atoms with Crippen LogP contribution in [0.2, 0.25) is 0 Å². The monoisotopic (exact) mass is 211 g/mol. The topological polar surface area (TPSA) is 38.3 Å². The normalized spacial score (nSPS) is 27.8. The summed E-state index contributed by atoms with van der Waals surface area (Å²) in [4.78, 5) is 11.2. The molecule has 72 valence electrons. The van der Waals surface area contributed by atoms with Crippen molar-refractivity contribution in [2.24, 2.45) is 0 Å². The molecule has 1 heterocycles. The molecule has 0 aromatic carbocycles. The summed E-state index contributed by atoms with van der Waals surface area (Å²) in [6, 6.07) is -0.0973. The SMILES string of the molecule is CCOC(=O)C1NCSC1C.Cl. The number of ether oxygens (including phenoxy) is 1. The van der Waals surface area contributed by atoms with Gasteiger partial charge in [-0.3, -0.25) is 10.1 Å².